The number of rotatable bonds is 3. The van der Waals surface area contributed by atoms with Crippen molar-refractivity contribution in [2.45, 2.75) is 13.3 Å². The van der Waals surface area contributed by atoms with Gasteiger partial charge in [-0.3, -0.25) is 4.79 Å². The van der Waals surface area contributed by atoms with E-state index in [4.69, 9.17) is 16.7 Å². The maximum absolute atomic E-state index is 12.2. The monoisotopic (exact) mass is 321 g/mol. The topological polar surface area (TPSA) is 75.1 Å². The van der Waals surface area contributed by atoms with Gasteiger partial charge in [-0.25, -0.2) is 0 Å². The van der Waals surface area contributed by atoms with Gasteiger partial charge in [0.25, 0.3) is 5.91 Å². The Morgan fingerprint density at radius 1 is 1.52 bits per heavy atom. The zero-order valence-corrected chi connectivity index (χ0v) is 12.8. The number of aliphatic hydroxyl groups is 1. The molecule has 2 aromatic rings. The normalized spacial score (nSPS) is 9.86. The second-order valence-corrected chi connectivity index (χ2v) is 5.17. The van der Waals surface area contributed by atoms with Crippen LogP contribution in [0.5, 0.6) is 0 Å². The second-order valence-electron chi connectivity index (χ2n) is 4.01. The van der Waals surface area contributed by atoms with E-state index in [-0.39, 0.29) is 12.5 Å². The average molecular weight is 322 g/mol. The summed E-state index contributed by atoms with van der Waals surface area (Å²) in [5.74, 6) is 5.01. The lowest BCUT2D eigenvalue weighted by molar-refractivity contribution is 0.102. The van der Waals surface area contributed by atoms with Crippen LogP contribution in [-0.2, 0) is 6.42 Å². The minimum absolute atomic E-state index is 0.225. The summed E-state index contributed by atoms with van der Waals surface area (Å²) in [6, 6.07) is 5.01. The molecule has 2 N–H and O–H groups in total. The van der Waals surface area contributed by atoms with Crippen LogP contribution in [0.25, 0.3) is 0 Å². The Bertz CT molecular complexity index is 718. The number of amides is 1. The van der Waals surface area contributed by atoms with Gasteiger partial charge in [-0.05, 0) is 36.2 Å². The highest BCUT2D eigenvalue weighted by molar-refractivity contribution is 7.08. The van der Waals surface area contributed by atoms with Gasteiger partial charge >= 0.3 is 0 Å². The number of halogens is 1. The van der Waals surface area contributed by atoms with E-state index in [1.165, 1.54) is 0 Å². The van der Waals surface area contributed by atoms with Crippen LogP contribution in [0.3, 0.4) is 0 Å². The number of nitrogens with one attached hydrogen (secondary N) is 1. The van der Waals surface area contributed by atoms with Gasteiger partial charge < -0.3 is 10.4 Å². The Hall–Kier alpha value is -1.94. The third kappa shape index (κ3) is 3.79. The van der Waals surface area contributed by atoms with Gasteiger partial charge in [0, 0.05) is 5.56 Å². The van der Waals surface area contributed by atoms with Gasteiger partial charge in [0.05, 0.1) is 16.4 Å². The number of nitrogens with zero attached hydrogens (tertiary/aromatic N) is 2. The van der Waals surface area contributed by atoms with Gasteiger partial charge in [0.15, 0.2) is 0 Å². The van der Waals surface area contributed by atoms with Gasteiger partial charge in [0.2, 0.25) is 0 Å². The van der Waals surface area contributed by atoms with Crippen LogP contribution in [0.15, 0.2) is 18.2 Å². The molecule has 0 saturated heterocycles. The fraction of sp³-hybridized carbons (Fsp3) is 0.214. The van der Waals surface area contributed by atoms with Crippen LogP contribution >= 0.6 is 23.1 Å². The van der Waals surface area contributed by atoms with Gasteiger partial charge in [-0.15, -0.1) is 5.10 Å². The summed E-state index contributed by atoms with van der Waals surface area (Å²) in [7, 11) is 0. The van der Waals surface area contributed by atoms with Crippen molar-refractivity contribution in [1.29, 1.82) is 0 Å². The van der Waals surface area contributed by atoms with Gasteiger partial charge in [-0.2, -0.15) is 0 Å². The number of aromatic nitrogens is 2. The molecule has 2 rings (SSSR count). The molecule has 0 aliphatic heterocycles. The Morgan fingerprint density at radius 3 is 3.05 bits per heavy atom. The van der Waals surface area contributed by atoms with Crippen molar-refractivity contribution in [3.8, 4) is 11.8 Å². The van der Waals surface area contributed by atoms with Crippen LogP contribution in [0, 0.1) is 11.8 Å². The Balaban J connectivity index is 2.24. The van der Waals surface area contributed by atoms with E-state index >= 15 is 0 Å². The summed E-state index contributed by atoms with van der Waals surface area (Å²) in [6.07, 6.45) is 0.634. The first-order chi connectivity index (χ1) is 10.2. The van der Waals surface area contributed by atoms with Crippen molar-refractivity contribution in [1.82, 2.24) is 9.59 Å². The molecule has 1 aromatic carbocycles. The zero-order chi connectivity index (χ0) is 15.2. The number of aryl methyl sites for hydroxylation is 1. The average Bonchev–Trinajstić information content (AvgIpc) is 2.96. The molecule has 0 bridgehead atoms. The van der Waals surface area contributed by atoms with Crippen LogP contribution < -0.4 is 5.32 Å². The first-order valence-corrected chi connectivity index (χ1v) is 7.32. The SMILES string of the molecule is CCc1nnsc1C(=O)Nc1cc(C#CCO)ccc1Cl. The third-order valence-corrected chi connectivity index (χ3v) is 3.72. The summed E-state index contributed by atoms with van der Waals surface area (Å²) in [4.78, 5) is 12.7. The fourth-order valence-electron chi connectivity index (χ4n) is 1.63. The molecule has 5 nitrogen and oxygen atoms in total. The predicted octanol–water partition coefficient (Wildman–Crippen LogP) is 2.35. The number of anilines is 1. The molecular weight excluding hydrogens is 310 g/mol. The quantitative estimate of drug-likeness (QED) is 0.851. The minimum Gasteiger partial charge on any atom is -0.384 e. The molecule has 108 valence electrons. The molecule has 7 heteroatoms. The first-order valence-electron chi connectivity index (χ1n) is 6.17. The molecule has 0 saturated carbocycles. The first kappa shape index (κ1) is 15.4. The van der Waals surface area contributed by atoms with E-state index in [1.54, 1.807) is 18.2 Å². The number of hydrogen-bond donors (Lipinski definition) is 2. The van der Waals surface area contributed by atoms with Crippen LogP contribution in [0.2, 0.25) is 5.02 Å². The summed E-state index contributed by atoms with van der Waals surface area (Å²) in [6.45, 7) is 1.68. The molecule has 21 heavy (non-hydrogen) atoms. The third-order valence-electron chi connectivity index (χ3n) is 2.62. The van der Waals surface area contributed by atoms with Crippen LogP contribution in [0.1, 0.15) is 27.9 Å². The van der Waals surface area contributed by atoms with E-state index in [2.05, 4.69) is 26.7 Å². The second kappa shape index (κ2) is 7.18. The molecule has 1 aromatic heterocycles. The van der Waals surface area contributed by atoms with E-state index in [0.717, 1.165) is 11.5 Å². The number of benzene rings is 1. The van der Waals surface area contributed by atoms with E-state index < -0.39 is 0 Å². The minimum atomic E-state index is -0.295. The van der Waals surface area contributed by atoms with Crippen molar-refractivity contribution in [2.24, 2.45) is 0 Å². The maximum atomic E-state index is 12.2. The Kier molecular flexibility index (Phi) is 5.28. The van der Waals surface area contributed by atoms with Crippen molar-refractivity contribution in [3.05, 3.63) is 39.4 Å². The molecule has 0 unspecified atom stereocenters. The number of aliphatic hydroxyl groups excluding tert-OH is 1. The molecule has 0 radical (unpaired) electrons. The summed E-state index contributed by atoms with van der Waals surface area (Å²) >= 11 is 7.12. The molecule has 0 aliphatic rings. The summed E-state index contributed by atoms with van der Waals surface area (Å²) in [5, 5.41) is 15.7. The Labute approximate surface area is 131 Å². The molecule has 0 spiro atoms. The van der Waals surface area contributed by atoms with Crippen LogP contribution in [0.4, 0.5) is 5.69 Å². The molecule has 0 aliphatic carbocycles. The van der Waals surface area contributed by atoms with Gasteiger partial charge in [0.1, 0.15) is 11.5 Å². The lowest BCUT2D eigenvalue weighted by Gasteiger charge is -2.07. The number of carbonyl (C=O) groups excluding carboxylic acids is 1. The number of carbonyl (C=O) groups is 1. The van der Waals surface area contributed by atoms with Crippen molar-refractivity contribution in [2.75, 3.05) is 11.9 Å². The van der Waals surface area contributed by atoms with Crippen molar-refractivity contribution >= 4 is 34.7 Å². The van der Waals surface area contributed by atoms with Crippen LogP contribution in [-0.4, -0.2) is 27.2 Å². The molecule has 0 atom stereocenters. The van der Waals surface area contributed by atoms with Gasteiger partial charge in [-0.1, -0.05) is 34.9 Å². The zero-order valence-electron chi connectivity index (χ0n) is 11.2. The standard InChI is InChI=1S/C14H12ClN3O2S/c1-2-11-13(21-18-17-11)14(20)16-12-8-9(4-3-7-19)5-6-10(12)15/h5-6,8,19H,2,7H2,1H3,(H,16,20). The number of hydrogen-bond acceptors (Lipinski definition) is 5. The van der Waals surface area contributed by atoms with E-state index in [9.17, 15) is 4.79 Å². The smallest absolute Gasteiger partial charge is 0.269 e. The molecule has 1 amide bonds. The summed E-state index contributed by atoms with van der Waals surface area (Å²) < 4.78 is 3.78. The fourth-order valence-corrected chi connectivity index (χ4v) is 2.44. The largest absolute Gasteiger partial charge is 0.384 e. The Morgan fingerprint density at radius 2 is 2.33 bits per heavy atom. The lowest BCUT2D eigenvalue weighted by Crippen LogP contribution is -2.12. The van der Waals surface area contributed by atoms with E-state index in [1.807, 2.05) is 6.92 Å². The lowest BCUT2D eigenvalue weighted by atomic mass is 10.2. The highest BCUT2D eigenvalue weighted by Crippen LogP contribution is 2.24. The van der Waals surface area contributed by atoms with Crippen molar-refractivity contribution in [3.63, 3.8) is 0 Å². The van der Waals surface area contributed by atoms with E-state index in [0.29, 0.717) is 33.3 Å². The maximum Gasteiger partial charge on any atom is 0.269 e. The highest BCUT2D eigenvalue weighted by atomic mass is 35.5. The predicted molar refractivity (Wildman–Crippen MR) is 82.7 cm³/mol. The molecular formula is C14H12ClN3O2S. The van der Waals surface area contributed by atoms with Crippen molar-refractivity contribution < 1.29 is 9.90 Å². The molecule has 1 heterocycles. The highest BCUT2D eigenvalue weighted by Gasteiger charge is 2.16. The molecule has 0 fully saturated rings. The summed E-state index contributed by atoms with van der Waals surface area (Å²) in [5.41, 5.74) is 1.77.